The molecule has 0 spiro atoms. The van der Waals surface area contributed by atoms with Crippen molar-refractivity contribution in [3.63, 3.8) is 0 Å². The third kappa shape index (κ3) is 2.54. The molecule has 0 aromatic heterocycles. The molecule has 0 N–H and O–H groups in total. The number of anilines is 1. The third-order valence-electron chi connectivity index (χ3n) is 4.34. The van der Waals surface area contributed by atoms with Gasteiger partial charge in [0.15, 0.2) is 0 Å². The Labute approximate surface area is 130 Å². The minimum absolute atomic E-state index is 0.0933. The van der Waals surface area contributed by atoms with Crippen LogP contribution in [0.4, 0.5) is 5.69 Å². The Bertz CT molecular complexity index is 691. The summed E-state index contributed by atoms with van der Waals surface area (Å²) in [5, 5.41) is 0. The quantitative estimate of drug-likeness (QED) is 0.814. The second-order valence-electron chi connectivity index (χ2n) is 5.93. The maximum Gasteiger partial charge on any atom is 0.238 e. The zero-order valence-corrected chi connectivity index (χ0v) is 12.8. The van der Waals surface area contributed by atoms with E-state index in [1.54, 1.807) is 12.1 Å². The van der Waals surface area contributed by atoms with E-state index in [0.29, 0.717) is 12.1 Å². The van der Waals surface area contributed by atoms with E-state index in [-0.39, 0.29) is 23.7 Å². The summed E-state index contributed by atoms with van der Waals surface area (Å²) in [5.41, 5.74) is 2.95. The fraction of sp³-hybridized carbons (Fsp3) is 0.263. The molecule has 3 nitrogen and oxygen atoms in total. The van der Waals surface area contributed by atoms with Crippen LogP contribution >= 0.6 is 0 Å². The van der Waals surface area contributed by atoms with Crippen LogP contribution in [0.5, 0.6) is 0 Å². The average Bonchev–Trinajstić information content (AvgIpc) is 2.74. The minimum Gasteiger partial charge on any atom is -0.274 e. The molecule has 112 valence electrons. The van der Waals surface area contributed by atoms with E-state index < -0.39 is 0 Å². The highest BCUT2D eigenvalue weighted by molar-refractivity contribution is 6.21. The predicted molar refractivity (Wildman–Crippen MR) is 86.5 cm³/mol. The molecule has 22 heavy (non-hydrogen) atoms. The van der Waals surface area contributed by atoms with Gasteiger partial charge in [0, 0.05) is 5.92 Å². The van der Waals surface area contributed by atoms with Gasteiger partial charge in [-0.3, -0.25) is 14.5 Å². The number of para-hydroxylation sites is 1. The Morgan fingerprint density at radius 3 is 2.18 bits per heavy atom. The standard InChI is InChI=1S/C19H19NO2/c1-13-8-10-15(11-9-13)12-17-14(2)18(21)20(19(17)22)16-6-4-3-5-7-16/h3-11,14,17H,12H2,1-2H3/t14-,17-/m0/s1. The molecule has 0 aliphatic carbocycles. The van der Waals surface area contributed by atoms with E-state index in [0.717, 1.165) is 5.56 Å². The zero-order valence-electron chi connectivity index (χ0n) is 12.8. The molecule has 3 heteroatoms. The van der Waals surface area contributed by atoms with Crippen LogP contribution in [-0.2, 0) is 16.0 Å². The topological polar surface area (TPSA) is 37.4 Å². The van der Waals surface area contributed by atoms with Crippen molar-refractivity contribution < 1.29 is 9.59 Å². The zero-order chi connectivity index (χ0) is 15.7. The van der Waals surface area contributed by atoms with Crippen LogP contribution in [0.15, 0.2) is 54.6 Å². The maximum absolute atomic E-state index is 12.7. The summed E-state index contributed by atoms with van der Waals surface area (Å²) in [4.78, 5) is 26.5. The van der Waals surface area contributed by atoms with Crippen molar-refractivity contribution in [2.24, 2.45) is 11.8 Å². The van der Waals surface area contributed by atoms with Gasteiger partial charge in [-0.15, -0.1) is 0 Å². The molecule has 1 aliphatic rings. The van der Waals surface area contributed by atoms with E-state index in [1.165, 1.54) is 10.5 Å². The summed E-state index contributed by atoms with van der Waals surface area (Å²) >= 11 is 0. The molecule has 0 unspecified atom stereocenters. The molecule has 2 aromatic carbocycles. The number of carbonyl (C=O) groups is 2. The first-order valence-corrected chi connectivity index (χ1v) is 7.56. The Balaban J connectivity index is 1.86. The molecule has 0 bridgehead atoms. The summed E-state index contributed by atoms with van der Waals surface area (Å²) in [6.45, 7) is 3.88. The molecule has 2 atom stereocenters. The SMILES string of the molecule is Cc1ccc(C[C@@H]2C(=O)N(c3ccccc3)C(=O)[C@H]2C)cc1. The van der Waals surface area contributed by atoms with Gasteiger partial charge in [0.25, 0.3) is 0 Å². The van der Waals surface area contributed by atoms with E-state index in [4.69, 9.17) is 0 Å². The van der Waals surface area contributed by atoms with Crippen LogP contribution in [0.25, 0.3) is 0 Å². The van der Waals surface area contributed by atoms with Crippen molar-refractivity contribution in [1.29, 1.82) is 0 Å². The van der Waals surface area contributed by atoms with Gasteiger partial charge in [0.2, 0.25) is 11.8 Å². The number of rotatable bonds is 3. The molecule has 2 aromatic rings. The van der Waals surface area contributed by atoms with Gasteiger partial charge in [-0.25, -0.2) is 0 Å². The highest BCUT2D eigenvalue weighted by Crippen LogP contribution is 2.32. The molecule has 1 fully saturated rings. The lowest BCUT2D eigenvalue weighted by Crippen LogP contribution is -2.31. The normalized spacial score (nSPS) is 21.5. The lowest BCUT2D eigenvalue weighted by atomic mass is 9.90. The number of benzene rings is 2. The molecule has 1 saturated heterocycles. The number of imide groups is 1. The number of aryl methyl sites for hydroxylation is 1. The van der Waals surface area contributed by atoms with Gasteiger partial charge < -0.3 is 0 Å². The lowest BCUT2D eigenvalue weighted by molar-refractivity contribution is -0.122. The van der Waals surface area contributed by atoms with Gasteiger partial charge in [-0.2, -0.15) is 0 Å². The first-order chi connectivity index (χ1) is 10.6. The number of carbonyl (C=O) groups excluding carboxylic acids is 2. The number of hydrogen-bond acceptors (Lipinski definition) is 2. The number of amides is 2. The summed E-state index contributed by atoms with van der Waals surface area (Å²) < 4.78 is 0. The van der Waals surface area contributed by atoms with Gasteiger partial charge in [-0.05, 0) is 31.0 Å². The Kier molecular flexibility index (Phi) is 3.80. The maximum atomic E-state index is 12.7. The second kappa shape index (κ2) is 5.76. The highest BCUT2D eigenvalue weighted by atomic mass is 16.2. The van der Waals surface area contributed by atoms with Crippen molar-refractivity contribution >= 4 is 17.5 Å². The van der Waals surface area contributed by atoms with Crippen molar-refractivity contribution in [3.05, 3.63) is 65.7 Å². The molecule has 1 heterocycles. The smallest absolute Gasteiger partial charge is 0.238 e. The van der Waals surface area contributed by atoms with Crippen LogP contribution in [0.3, 0.4) is 0 Å². The molecule has 1 aliphatic heterocycles. The van der Waals surface area contributed by atoms with E-state index in [2.05, 4.69) is 0 Å². The summed E-state index contributed by atoms with van der Waals surface area (Å²) in [6.07, 6.45) is 0.607. The van der Waals surface area contributed by atoms with Crippen LogP contribution in [0, 0.1) is 18.8 Å². The molecule has 0 radical (unpaired) electrons. The minimum atomic E-state index is -0.283. The lowest BCUT2D eigenvalue weighted by Gasteiger charge is -2.14. The van der Waals surface area contributed by atoms with E-state index >= 15 is 0 Å². The van der Waals surface area contributed by atoms with Crippen molar-refractivity contribution in [1.82, 2.24) is 0 Å². The monoisotopic (exact) mass is 293 g/mol. The largest absolute Gasteiger partial charge is 0.274 e. The van der Waals surface area contributed by atoms with Gasteiger partial charge in [-0.1, -0.05) is 55.0 Å². The summed E-state index contributed by atoms with van der Waals surface area (Å²) in [6, 6.07) is 17.3. The first kappa shape index (κ1) is 14.5. The van der Waals surface area contributed by atoms with E-state index in [9.17, 15) is 9.59 Å². The molecular weight excluding hydrogens is 274 g/mol. The molecule has 0 saturated carbocycles. The van der Waals surface area contributed by atoms with Crippen LogP contribution in [-0.4, -0.2) is 11.8 Å². The summed E-state index contributed by atoms with van der Waals surface area (Å²) in [7, 11) is 0. The number of hydrogen-bond donors (Lipinski definition) is 0. The summed E-state index contributed by atoms with van der Waals surface area (Å²) in [5.74, 6) is -0.762. The second-order valence-corrected chi connectivity index (χ2v) is 5.93. The van der Waals surface area contributed by atoms with E-state index in [1.807, 2.05) is 56.3 Å². The first-order valence-electron chi connectivity index (χ1n) is 7.56. The fourth-order valence-electron chi connectivity index (χ4n) is 2.94. The van der Waals surface area contributed by atoms with Gasteiger partial charge >= 0.3 is 0 Å². The van der Waals surface area contributed by atoms with Crippen LogP contribution in [0.2, 0.25) is 0 Å². The molecular formula is C19H19NO2. The van der Waals surface area contributed by atoms with Crippen LogP contribution in [0.1, 0.15) is 18.1 Å². The Morgan fingerprint density at radius 2 is 1.55 bits per heavy atom. The molecule has 2 amide bonds. The van der Waals surface area contributed by atoms with Crippen molar-refractivity contribution in [2.45, 2.75) is 20.3 Å². The predicted octanol–water partition coefficient (Wildman–Crippen LogP) is 3.36. The molecule has 3 rings (SSSR count). The highest BCUT2D eigenvalue weighted by Gasteiger charge is 2.45. The Hall–Kier alpha value is -2.42. The fourth-order valence-corrected chi connectivity index (χ4v) is 2.94. The third-order valence-corrected chi connectivity index (χ3v) is 4.34. The van der Waals surface area contributed by atoms with Crippen LogP contribution < -0.4 is 4.90 Å². The van der Waals surface area contributed by atoms with Gasteiger partial charge in [0.1, 0.15) is 0 Å². The van der Waals surface area contributed by atoms with Crippen molar-refractivity contribution in [2.75, 3.05) is 4.90 Å². The van der Waals surface area contributed by atoms with Gasteiger partial charge in [0.05, 0.1) is 11.6 Å². The number of nitrogens with zero attached hydrogens (tertiary/aromatic N) is 1. The Morgan fingerprint density at radius 1 is 0.909 bits per heavy atom. The average molecular weight is 293 g/mol. The van der Waals surface area contributed by atoms with Crippen molar-refractivity contribution in [3.8, 4) is 0 Å².